The summed E-state index contributed by atoms with van der Waals surface area (Å²) in [6.45, 7) is 5.86. The minimum Gasteiger partial charge on any atom is -0.462 e. The highest BCUT2D eigenvalue weighted by Gasteiger charge is 2.38. The van der Waals surface area contributed by atoms with Gasteiger partial charge in [-0.25, -0.2) is 13.2 Å². The molecule has 168 valence electrons. The molecule has 1 amide bonds. The van der Waals surface area contributed by atoms with E-state index < -0.39 is 21.9 Å². The molecular weight excluding hydrogens is 418 g/mol. The molecular formula is C22H29N3O5S. The fourth-order valence-electron chi connectivity index (χ4n) is 3.96. The van der Waals surface area contributed by atoms with Gasteiger partial charge in [-0.3, -0.25) is 4.79 Å². The Hall–Kier alpha value is -2.65. The second-order valence-electron chi connectivity index (χ2n) is 7.71. The molecule has 31 heavy (non-hydrogen) atoms. The van der Waals surface area contributed by atoms with E-state index in [1.165, 1.54) is 4.31 Å². The van der Waals surface area contributed by atoms with E-state index >= 15 is 0 Å². The number of hydrogen-bond acceptors (Lipinski definition) is 5. The van der Waals surface area contributed by atoms with Gasteiger partial charge in [0.15, 0.2) is 0 Å². The van der Waals surface area contributed by atoms with Gasteiger partial charge in [-0.1, -0.05) is 30.3 Å². The van der Waals surface area contributed by atoms with Crippen molar-refractivity contribution >= 4 is 21.9 Å². The molecule has 1 aliphatic rings. The van der Waals surface area contributed by atoms with Gasteiger partial charge in [0.2, 0.25) is 15.9 Å². The summed E-state index contributed by atoms with van der Waals surface area (Å²) in [5, 5.41) is 2.90. The molecule has 1 aromatic carbocycles. The summed E-state index contributed by atoms with van der Waals surface area (Å²) in [5.74, 6) is -1.29. The first-order valence-corrected chi connectivity index (χ1v) is 11.9. The maximum Gasteiger partial charge on any atom is 0.341 e. The molecule has 2 heterocycles. The largest absolute Gasteiger partial charge is 0.462 e. The SMILES string of the molecule is CCOC(=O)c1c(C)[nH]c(C)c1S(=O)(=O)N1CCC[C@@H](C(=O)NCc2ccccc2)C1. The molecule has 1 aliphatic heterocycles. The number of ether oxygens (including phenoxy) is 1. The quantitative estimate of drug-likeness (QED) is 0.634. The normalized spacial score (nSPS) is 17.3. The molecule has 0 aliphatic carbocycles. The fraction of sp³-hybridized carbons (Fsp3) is 0.455. The third-order valence-corrected chi connectivity index (χ3v) is 7.50. The van der Waals surface area contributed by atoms with E-state index in [-0.39, 0.29) is 29.5 Å². The lowest BCUT2D eigenvalue weighted by Crippen LogP contribution is -2.45. The Balaban J connectivity index is 1.78. The van der Waals surface area contributed by atoms with Crippen molar-refractivity contribution in [1.82, 2.24) is 14.6 Å². The van der Waals surface area contributed by atoms with Crippen LogP contribution < -0.4 is 5.32 Å². The lowest BCUT2D eigenvalue weighted by molar-refractivity contribution is -0.126. The van der Waals surface area contributed by atoms with Crippen molar-refractivity contribution < 1.29 is 22.7 Å². The molecule has 1 aromatic heterocycles. The summed E-state index contributed by atoms with van der Waals surface area (Å²) in [4.78, 5) is 28.0. The van der Waals surface area contributed by atoms with Crippen LogP contribution in [0.4, 0.5) is 0 Å². The van der Waals surface area contributed by atoms with Gasteiger partial charge in [-0.05, 0) is 39.2 Å². The number of aromatic amines is 1. The first-order chi connectivity index (χ1) is 14.8. The van der Waals surface area contributed by atoms with E-state index in [1.54, 1.807) is 20.8 Å². The molecule has 0 spiro atoms. The number of carbonyl (C=O) groups is 2. The topological polar surface area (TPSA) is 109 Å². The Bertz CT molecular complexity index is 1050. The molecule has 2 aromatic rings. The van der Waals surface area contributed by atoms with Crippen molar-refractivity contribution in [2.75, 3.05) is 19.7 Å². The van der Waals surface area contributed by atoms with E-state index in [9.17, 15) is 18.0 Å². The summed E-state index contributed by atoms with van der Waals surface area (Å²) < 4.78 is 33.3. The Morgan fingerprint density at radius 3 is 2.58 bits per heavy atom. The number of esters is 1. The number of rotatable bonds is 7. The average molecular weight is 448 g/mol. The standard InChI is InChI=1S/C22H29N3O5S/c1-4-30-22(27)19-15(2)24-16(3)20(19)31(28,29)25-12-8-11-18(14-25)21(26)23-13-17-9-6-5-7-10-17/h5-7,9-10,18,24H,4,8,11-14H2,1-3H3,(H,23,26)/t18-/m1/s1. The zero-order valence-electron chi connectivity index (χ0n) is 18.1. The first-order valence-electron chi connectivity index (χ1n) is 10.4. The van der Waals surface area contributed by atoms with Gasteiger partial charge in [0.05, 0.1) is 12.5 Å². The van der Waals surface area contributed by atoms with Gasteiger partial charge in [-0.2, -0.15) is 4.31 Å². The van der Waals surface area contributed by atoms with Crippen molar-refractivity contribution in [1.29, 1.82) is 0 Å². The van der Waals surface area contributed by atoms with Crippen LogP contribution >= 0.6 is 0 Å². The van der Waals surface area contributed by atoms with Crippen LogP contribution in [0.5, 0.6) is 0 Å². The van der Waals surface area contributed by atoms with Gasteiger partial charge in [-0.15, -0.1) is 0 Å². The molecule has 1 saturated heterocycles. The van der Waals surface area contributed by atoms with Crippen LogP contribution in [-0.4, -0.2) is 49.3 Å². The molecule has 2 N–H and O–H groups in total. The molecule has 9 heteroatoms. The van der Waals surface area contributed by atoms with Crippen LogP contribution in [0.3, 0.4) is 0 Å². The van der Waals surface area contributed by atoms with Crippen molar-refractivity contribution in [2.45, 2.75) is 45.1 Å². The highest BCUT2D eigenvalue weighted by atomic mass is 32.2. The molecule has 3 rings (SSSR count). The molecule has 8 nitrogen and oxygen atoms in total. The molecule has 1 fully saturated rings. The third kappa shape index (κ3) is 4.99. The predicted molar refractivity (Wildman–Crippen MR) is 116 cm³/mol. The number of nitrogens with one attached hydrogen (secondary N) is 2. The van der Waals surface area contributed by atoms with E-state index in [4.69, 9.17) is 4.74 Å². The highest BCUT2D eigenvalue weighted by molar-refractivity contribution is 7.89. The van der Waals surface area contributed by atoms with Crippen molar-refractivity contribution in [3.8, 4) is 0 Å². The van der Waals surface area contributed by atoms with Gasteiger partial charge < -0.3 is 15.0 Å². The molecule has 0 unspecified atom stereocenters. The summed E-state index contributed by atoms with van der Waals surface area (Å²) in [5.41, 5.74) is 1.85. The van der Waals surface area contributed by atoms with Crippen molar-refractivity contribution in [3.63, 3.8) is 0 Å². The Labute approximate surface area is 183 Å². The van der Waals surface area contributed by atoms with E-state index in [0.29, 0.717) is 37.3 Å². The lowest BCUT2D eigenvalue weighted by atomic mass is 9.99. The zero-order chi connectivity index (χ0) is 22.6. The number of hydrogen-bond donors (Lipinski definition) is 2. The van der Waals surface area contributed by atoms with E-state index in [0.717, 1.165) is 5.56 Å². The highest BCUT2D eigenvalue weighted by Crippen LogP contribution is 2.30. The maximum absolute atomic E-state index is 13.5. The number of piperidine rings is 1. The number of sulfonamides is 1. The molecule has 0 radical (unpaired) electrons. The summed E-state index contributed by atoms with van der Waals surface area (Å²) >= 11 is 0. The Morgan fingerprint density at radius 1 is 1.19 bits per heavy atom. The first kappa shape index (κ1) is 23.0. The third-order valence-electron chi connectivity index (χ3n) is 5.46. The Morgan fingerprint density at radius 2 is 1.90 bits per heavy atom. The second kappa shape index (κ2) is 9.65. The van der Waals surface area contributed by atoms with Crippen LogP contribution in [0.15, 0.2) is 35.2 Å². The number of benzene rings is 1. The zero-order valence-corrected chi connectivity index (χ0v) is 18.9. The van der Waals surface area contributed by atoms with Crippen molar-refractivity contribution in [2.24, 2.45) is 5.92 Å². The predicted octanol–water partition coefficient (Wildman–Crippen LogP) is 2.53. The van der Waals surface area contributed by atoms with Gasteiger partial charge in [0.1, 0.15) is 10.5 Å². The summed E-state index contributed by atoms with van der Waals surface area (Å²) in [6, 6.07) is 9.56. The number of nitrogens with zero attached hydrogens (tertiary/aromatic N) is 1. The van der Waals surface area contributed by atoms with E-state index in [1.807, 2.05) is 30.3 Å². The number of amides is 1. The van der Waals surface area contributed by atoms with Crippen molar-refractivity contribution in [3.05, 3.63) is 52.8 Å². The van der Waals surface area contributed by atoms with E-state index in [2.05, 4.69) is 10.3 Å². The van der Waals surface area contributed by atoms with Crippen LogP contribution in [0, 0.1) is 19.8 Å². The van der Waals surface area contributed by atoms with Gasteiger partial charge in [0, 0.05) is 31.0 Å². The summed E-state index contributed by atoms with van der Waals surface area (Å²) in [7, 11) is -3.98. The second-order valence-corrected chi connectivity index (χ2v) is 9.58. The van der Waals surface area contributed by atoms with Crippen LogP contribution in [-0.2, 0) is 26.1 Å². The maximum atomic E-state index is 13.5. The summed E-state index contributed by atoms with van der Waals surface area (Å²) in [6.07, 6.45) is 1.18. The molecule has 1 atom stereocenters. The smallest absolute Gasteiger partial charge is 0.341 e. The number of H-pyrrole nitrogens is 1. The van der Waals surface area contributed by atoms with Gasteiger partial charge in [0.25, 0.3) is 0 Å². The fourth-order valence-corrected chi connectivity index (χ4v) is 5.90. The average Bonchev–Trinajstić information content (AvgIpc) is 3.07. The Kier molecular flexibility index (Phi) is 7.17. The number of carbonyl (C=O) groups excluding carboxylic acids is 2. The van der Waals surface area contributed by atoms with Crippen LogP contribution in [0.25, 0.3) is 0 Å². The molecule has 0 saturated carbocycles. The minimum atomic E-state index is -3.98. The molecule has 0 bridgehead atoms. The van der Waals surface area contributed by atoms with Gasteiger partial charge >= 0.3 is 5.97 Å². The van der Waals surface area contributed by atoms with Crippen LogP contribution in [0.2, 0.25) is 0 Å². The van der Waals surface area contributed by atoms with Crippen LogP contribution in [0.1, 0.15) is 47.1 Å². The number of aromatic nitrogens is 1. The number of aryl methyl sites for hydroxylation is 2. The lowest BCUT2D eigenvalue weighted by Gasteiger charge is -2.31. The minimum absolute atomic E-state index is 0.0370. The monoisotopic (exact) mass is 447 g/mol.